The van der Waals surface area contributed by atoms with Gasteiger partial charge in [0.1, 0.15) is 0 Å². The lowest BCUT2D eigenvalue weighted by atomic mass is 9.98. The van der Waals surface area contributed by atoms with Crippen molar-refractivity contribution < 1.29 is 0 Å². The third-order valence-electron chi connectivity index (χ3n) is 6.11. The van der Waals surface area contributed by atoms with E-state index in [0.717, 1.165) is 30.6 Å². The second-order valence-corrected chi connectivity index (χ2v) is 9.65. The zero-order valence-corrected chi connectivity index (χ0v) is 16.5. The van der Waals surface area contributed by atoms with Crippen LogP contribution >= 0.6 is 0 Å². The number of aryl methyl sites for hydroxylation is 1. The Kier molecular flexibility index (Phi) is 4.80. The predicted octanol–water partition coefficient (Wildman–Crippen LogP) is 3.94. The van der Waals surface area contributed by atoms with Crippen LogP contribution in [0, 0.1) is 17.8 Å². The Morgan fingerprint density at radius 3 is 2.38 bits per heavy atom. The van der Waals surface area contributed by atoms with E-state index < -0.39 is 0 Å². The molecule has 0 spiro atoms. The molecule has 0 aliphatic heterocycles. The summed E-state index contributed by atoms with van der Waals surface area (Å²) < 4.78 is 2.17. The molecule has 0 unspecified atom stereocenters. The summed E-state index contributed by atoms with van der Waals surface area (Å²) in [6.07, 6.45) is 7.37. The van der Waals surface area contributed by atoms with Crippen LogP contribution in [0.15, 0.2) is 0 Å². The van der Waals surface area contributed by atoms with Crippen molar-refractivity contribution in [3.05, 3.63) is 11.4 Å². The van der Waals surface area contributed by atoms with Gasteiger partial charge >= 0.3 is 0 Å². The fourth-order valence-corrected chi connectivity index (χ4v) is 4.71. The molecular formula is C20H36N4. The van der Waals surface area contributed by atoms with E-state index >= 15 is 0 Å². The molecule has 2 aliphatic carbocycles. The molecule has 3 rings (SSSR count). The van der Waals surface area contributed by atoms with E-state index in [2.05, 4.69) is 61.9 Å². The van der Waals surface area contributed by atoms with Crippen LogP contribution in [0.4, 0.5) is 0 Å². The van der Waals surface area contributed by atoms with Gasteiger partial charge in [0.2, 0.25) is 0 Å². The van der Waals surface area contributed by atoms with Crippen LogP contribution in [-0.2, 0) is 18.4 Å². The van der Waals surface area contributed by atoms with Crippen molar-refractivity contribution in [3.63, 3.8) is 0 Å². The van der Waals surface area contributed by atoms with Crippen LogP contribution < -0.4 is 5.32 Å². The van der Waals surface area contributed by atoms with E-state index in [9.17, 15) is 0 Å². The zero-order chi connectivity index (χ0) is 17.5. The maximum absolute atomic E-state index is 4.51. The van der Waals surface area contributed by atoms with Gasteiger partial charge < -0.3 is 5.32 Å². The van der Waals surface area contributed by atoms with Crippen molar-refractivity contribution in [1.82, 2.24) is 20.3 Å². The van der Waals surface area contributed by atoms with Crippen molar-refractivity contribution in [2.24, 2.45) is 17.8 Å². The first-order chi connectivity index (χ1) is 11.2. The highest BCUT2D eigenvalue weighted by Gasteiger charge is 2.49. The Morgan fingerprint density at radius 1 is 1.08 bits per heavy atom. The molecule has 0 saturated heterocycles. The first-order valence-corrected chi connectivity index (χ1v) is 9.92. The van der Waals surface area contributed by atoms with Crippen molar-refractivity contribution in [3.8, 4) is 0 Å². The average molecular weight is 333 g/mol. The van der Waals surface area contributed by atoms with Gasteiger partial charge in [0.25, 0.3) is 0 Å². The second kappa shape index (κ2) is 6.44. The van der Waals surface area contributed by atoms with Crippen molar-refractivity contribution in [2.75, 3.05) is 6.54 Å². The minimum atomic E-state index is 0.0356. The van der Waals surface area contributed by atoms with Gasteiger partial charge in [-0.15, -0.1) is 5.10 Å². The first kappa shape index (κ1) is 17.9. The summed E-state index contributed by atoms with van der Waals surface area (Å²) in [5.74, 6) is 2.69. The normalized spacial score (nSPS) is 27.2. The molecule has 2 aliphatic rings. The molecule has 1 saturated carbocycles. The lowest BCUT2D eigenvalue weighted by Crippen LogP contribution is -2.40. The Morgan fingerprint density at radius 2 is 1.75 bits per heavy atom. The summed E-state index contributed by atoms with van der Waals surface area (Å²) in [5.41, 5.74) is 2.97. The zero-order valence-electron chi connectivity index (χ0n) is 16.5. The molecule has 0 amide bonds. The summed E-state index contributed by atoms with van der Waals surface area (Å²) in [5, 5.41) is 12.8. The minimum Gasteiger partial charge on any atom is -0.311 e. The molecule has 1 N–H and O–H groups in total. The highest BCUT2D eigenvalue weighted by Crippen LogP contribution is 2.52. The molecule has 1 aromatic heterocycles. The quantitative estimate of drug-likeness (QED) is 0.888. The van der Waals surface area contributed by atoms with Gasteiger partial charge in [-0.1, -0.05) is 18.6 Å². The van der Waals surface area contributed by atoms with E-state index in [1.807, 2.05) is 0 Å². The first-order valence-electron chi connectivity index (χ1n) is 9.92. The number of fused-ring (bicyclic) bond motifs is 2. The highest BCUT2D eigenvalue weighted by molar-refractivity contribution is 5.16. The molecule has 24 heavy (non-hydrogen) atoms. The Hall–Kier alpha value is -0.900. The highest BCUT2D eigenvalue weighted by atomic mass is 15.5. The predicted molar refractivity (Wildman–Crippen MR) is 99.1 cm³/mol. The average Bonchev–Trinajstić information content (AvgIpc) is 2.93. The smallest absolute Gasteiger partial charge is 0.0859 e. The van der Waals surface area contributed by atoms with Gasteiger partial charge in [-0.3, -0.25) is 0 Å². The largest absolute Gasteiger partial charge is 0.311 e. The van der Waals surface area contributed by atoms with Gasteiger partial charge in [-0.2, -0.15) is 0 Å². The Balaban J connectivity index is 1.61. The van der Waals surface area contributed by atoms with Crippen LogP contribution in [0.1, 0.15) is 78.6 Å². The summed E-state index contributed by atoms with van der Waals surface area (Å²) in [7, 11) is 0. The standard InChI is InChI=1S/C20H36N4/c1-7-12-20(5,6)21-13-16-14-8-10-17-18(11-9-15(14)16)24(23-22-17)19(2,3)4/h14-16,21H,7-13H2,1-6H3/t14-,15+,16-/m0/s1. The minimum absolute atomic E-state index is 0.0356. The van der Waals surface area contributed by atoms with Gasteiger partial charge in [-0.05, 0) is 91.0 Å². The molecular weight excluding hydrogens is 296 g/mol. The monoisotopic (exact) mass is 332 g/mol. The molecule has 3 atom stereocenters. The number of rotatable bonds is 5. The lowest BCUT2D eigenvalue weighted by molar-refractivity contribution is 0.332. The number of aromatic nitrogens is 3. The van der Waals surface area contributed by atoms with Gasteiger partial charge in [0, 0.05) is 5.54 Å². The van der Waals surface area contributed by atoms with Crippen molar-refractivity contribution in [2.45, 2.75) is 91.1 Å². The summed E-state index contributed by atoms with van der Waals surface area (Å²) >= 11 is 0. The lowest BCUT2D eigenvalue weighted by Gasteiger charge is -2.26. The van der Waals surface area contributed by atoms with E-state index in [4.69, 9.17) is 0 Å². The molecule has 4 heteroatoms. The summed E-state index contributed by atoms with van der Waals surface area (Å²) in [4.78, 5) is 0. The fourth-order valence-electron chi connectivity index (χ4n) is 4.71. The third kappa shape index (κ3) is 3.68. The fraction of sp³-hybridized carbons (Fsp3) is 0.900. The van der Waals surface area contributed by atoms with Crippen molar-refractivity contribution >= 4 is 0 Å². The summed E-state index contributed by atoms with van der Waals surface area (Å²) in [6, 6.07) is 0. The summed E-state index contributed by atoms with van der Waals surface area (Å²) in [6.45, 7) is 14.8. The van der Waals surface area contributed by atoms with Crippen molar-refractivity contribution in [1.29, 1.82) is 0 Å². The molecule has 1 heterocycles. The molecule has 1 fully saturated rings. The van der Waals surface area contributed by atoms with E-state index in [0.29, 0.717) is 0 Å². The SMILES string of the molecule is CCCC(C)(C)NC[C@@H]1[C@@H]2CCc3c(nnn3C(C)(C)C)CC[C@@H]21. The maximum Gasteiger partial charge on any atom is 0.0859 e. The molecule has 0 radical (unpaired) electrons. The molecule has 0 bridgehead atoms. The van der Waals surface area contributed by atoms with Crippen LogP contribution in [0.5, 0.6) is 0 Å². The number of hydrogen-bond donors (Lipinski definition) is 1. The van der Waals surface area contributed by atoms with E-state index in [-0.39, 0.29) is 11.1 Å². The Labute approximate surface area is 147 Å². The van der Waals surface area contributed by atoms with E-state index in [1.165, 1.54) is 43.6 Å². The molecule has 1 aromatic rings. The number of hydrogen-bond acceptors (Lipinski definition) is 3. The molecule has 0 aromatic carbocycles. The van der Waals surface area contributed by atoms with E-state index in [1.54, 1.807) is 0 Å². The number of nitrogens with one attached hydrogen (secondary N) is 1. The number of nitrogens with zero attached hydrogens (tertiary/aromatic N) is 3. The van der Waals surface area contributed by atoms with Crippen LogP contribution in [0.25, 0.3) is 0 Å². The third-order valence-corrected chi connectivity index (χ3v) is 6.11. The van der Waals surface area contributed by atoms with Gasteiger partial charge in [-0.25, -0.2) is 4.68 Å². The maximum atomic E-state index is 4.51. The van der Waals surface area contributed by atoms with Gasteiger partial charge in [0.15, 0.2) is 0 Å². The molecule has 4 nitrogen and oxygen atoms in total. The van der Waals surface area contributed by atoms with Crippen LogP contribution in [0.2, 0.25) is 0 Å². The Bertz CT molecular complexity index is 567. The molecule has 136 valence electrons. The topological polar surface area (TPSA) is 42.7 Å². The van der Waals surface area contributed by atoms with Crippen LogP contribution in [-0.4, -0.2) is 27.1 Å². The van der Waals surface area contributed by atoms with Crippen LogP contribution in [0.3, 0.4) is 0 Å². The van der Waals surface area contributed by atoms with Gasteiger partial charge in [0.05, 0.1) is 16.9 Å². The second-order valence-electron chi connectivity index (χ2n) is 9.65.